The third kappa shape index (κ3) is 2.84. The predicted octanol–water partition coefficient (Wildman–Crippen LogP) is 1.41. The molecule has 2 N–H and O–H groups in total. The molecule has 1 fully saturated rings. The fourth-order valence-electron chi connectivity index (χ4n) is 2.80. The summed E-state index contributed by atoms with van der Waals surface area (Å²) in [5, 5.41) is 9.31. The van der Waals surface area contributed by atoms with Gasteiger partial charge in [-0.25, -0.2) is 13.4 Å². The molecule has 0 radical (unpaired) electrons. The second kappa shape index (κ2) is 6.05. The lowest BCUT2D eigenvalue weighted by Crippen LogP contribution is -2.38. The lowest BCUT2D eigenvalue weighted by molar-refractivity contribution is 0.315. The summed E-state index contributed by atoms with van der Waals surface area (Å²) in [6, 6.07) is 3.94. The summed E-state index contributed by atoms with van der Waals surface area (Å²) >= 11 is 0. The Balaban J connectivity index is 1.82. The van der Waals surface area contributed by atoms with Crippen LogP contribution >= 0.6 is 0 Å². The Morgan fingerprint density at radius 3 is 3.05 bits per heavy atom. The molecule has 22 heavy (non-hydrogen) atoms. The van der Waals surface area contributed by atoms with Gasteiger partial charge in [0.1, 0.15) is 10.7 Å². The van der Waals surface area contributed by atoms with E-state index in [9.17, 15) is 8.42 Å². The lowest BCUT2D eigenvalue weighted by Gasteiger charge is -2.31. The highest BCUT2D eigenvalue weighted by Crippen LogP contribution is 2.30. The normalized spacial score (nSPS) is 20.0. The molecule has 2 aromatic heterocycles. The number of hydrogen-bond donors (Lipinski definition) is 2. The third-order valence-electron chi connectivity index (χ3n) is 4.01. The minimum absolute atomic E-state index is 0.186. The zero-order valence-corrected chi connectivity index (χ0v) is 13.2. The molecule has 0 aliphatic carbocycles. The van der Waals surface area contributed by atoms with Crippen LogP contribution in [0.1, 0.15) is 24.3 Å². The number of aromatic amines is 1. The van der Waals surface area contributed by atoms with E-state index in [1.807, 2.05) is 19.2 Å². The van der Waals surface area contributed by atoms with Crippen molar-refractivity contribution in [2.45, 2.75) is 23.7 Å². The number of nitrogens with one attached hydrogen (secondary N) is 2. The van der Waals surface area contributed by atoms with Crippen LogP contribution in [0.3, 0.4) is 0 Å². The number of aromatic nitrogens is 3. The van der Waals surface area contributed by atoms with Crippen molar-refractivity contribution in [3.05, 3.63) is 36.3 Å². The van der Waals surface area contributed by atoms with Crippen LogP contribution in [0.5, 0.6) is 0 Å². The Morgan fingerprint density at radius 2 is 2.32 bits per heavy atom. The molecule has 3 rings (SSSR count). The SMILES string of the molecule is CNc1cc([C@H]2CCCN(S(=O)(=O)c3cn[nH]c3)C2)ccn1. The zero-order chi connectivity index (χ0) is 15.6. The fraction of sp³-hybridized carbons (Fsp3) is 0.429. The van der Waals surface area contributed by atoms with Crippen molar-refractivity contribution in [3.8, 4) is 0 Å². The average molecular weight is 321 g/mol. The highest BCUT2D eigenvalue weighted by atomic mass is 32.2. The minimum Gasteiger partial charge on any atom is -0.373 e. The standard InChI is InChI=1S/C14H19N5O2S/c1-15-14-7-11(4-5-16-14)12-3-2-6-19(10-12)22(20,21)13-8-17-18-9-13/h4-5,7-9,12H,2-3,6,10H2,1H3,(H,15,16)(H,17,18)/t12-/m0/s1. The van der Waals surface area contributed by atoms with Gasteiger partial charge >= 0.3 is 0 Å². The van der Waals surface area contributed by atoms with Gasteiger partial charge in [-0.05, 0) is 36.5 Å². The largest absolute Gasteiger partial charge is 0.373 e. The topological polar surface area (TPSA) is 91.0 Å². The molecule has 0 aromatic carbocycles. The first-order valence-corrected chi connectivity index (χ1v) is 8.68. The van der Waals surface area contributed by atoms with Gasteiger partial charge in [0.05, 0.1) is 6.20 Å². The molecule has 0 bridgehead atoms. The highest BCUT2D eigenvalue weighted by Gasteiger charge is 2.31. The molecule has 0 saturated carbocycles. The van der Waals surface area contributed by atoms with Gasteiger partial charge in [-0.15, -0.1) is 0 Å². The van der Waals surface area contributed by atoms with Crippen LogP contribution in [0.25, 0.3) is 0 Å². The molecular weight excluding hydrogens is 302 g/mol. The van der Waals surface area contributed by atoms with Crippen molar-refractivity contribution in [2.24, 2.45) is 0 Å². The second-order valence-electron chi connectivity index (χ2n) is 5.36. The molecule has 118 valence electrons. The zero-order valence-electron chi connectivity index (χ0n) is 12.4. The van der Waals surface area contributed by atoms with Crippen LogP contribution in [-0.2, 0) is 10.0 Å². The average Bonchev–Trinajstić information content (AvgIpc) is 3.10. The van der Waals surface area contributed by atoms with Crippen molar-refractivity contribution in [3.63, 3.8) is 0 Å². The van der Waals surface area contributed by atoms with E-state index in [1.54, 1.807) is 10.5 Å². The van der Waals surface area contributed by atoms with Gasteiger partial charge < -0.3 is 5.32 Å². The number of anilines is 1. The van der Waals surface area contributed by atoms with Crippen LogP contribution in [0.2, 0.25) is 0 Å². The summed E-state index contributed by atoms with van der Waals surface area (Å²) < 4.78 is 26.7. The first-order chi connectivity index (χ1) is 10.6. The van der Waals surface area contributed by atoms with Gasteiger partial charge in [-0.1, -0.05) is 0 Å². The van der Waals surface area contributed by atoms with Gasteiger partial charge in [0.25, 0.3) is 0 Å². The van der Waals surface area contributed by atoms with E-state index < -0.39 is 10.0 Å². The van der Waals surface area contributed by atoms with E-state index in [0.717, 1.165) is 24.2 Å². The summed E-state index contributed by atoms with van der Waals surface area (Å²) in [5.41, 5.74) is 1.12. The molecule has 7 nitrogen and oxygen atoms in total. The Labute approximate surface area is 129 Å². The maximum atomic E-state index is 12.6. The van der Waals surface area contributed by atoms with Gasteiger partial charge in [-0.2, -0.15) is 9.40 Å². The minimum atomic E-state index is -3.47. The number of nitrogens with zero attached hydrogens (tertiary/aromatic N) is 3. The van der Waals surface area contributed by atoms with E-state index in [1.165, 1.54) is 12.4 Å². The van der Waals surface area contributed by atoms with E-state index in [4.69, 9.17) is 0 Å². The summed E-state index contributed by atoms with van der Waals surface area (Å²) in [5.74, 6) is 0.984. The van der Waals surface area contributed by atoms with E-state index in [2.05, 4.69) is 20.5 Å². The quantitative estimate of drug-likeness (QED) is 0.888. The summed E-state index contributed by atoms with van der Waals surface area (Å²) in [7, 11) is -1.64. The van der Waals surface area contributed by atoms with Crippen LogP contribution < -0.4 is 5.32 Å². The molecule has 0 spiro atoms. The van der Waals surface area contributed by atoms with Crippen molar-refractivity contribution < 1.29 is 8.42 Å². The molecular formula is C14H19N5O2S. The molecule has 1 aliphatic heterocycles. The molecule has 1 saturated heterocycles. The Hall–Kier alpha value is -1.93. The Kier molecular flexibility index (Phi) is 4.12. The van der Waals surface area contributed by atoms with Gasteiger partial charge in [0, 0.05) is 32.5 Å². The van der Waals surface area contributed by atoms with Crippen molar-refractivity contribution >= 4 is 15.8 Å². The van der Waals surface area contributed by atoms with Gasteiger partial charge in [0.2, 0.25) is 10.0 Å². The fourth-order valence-corrected chi connectivity index (χ4v) is 4.23. The molecule has 3 heterocycles. The van der Waals surface area contributed by atoms with Crippen LogP contribution in [0.4, 0.5) is 5.82 Å². The first kappa shape index (κ1) is 15.0. The number of piperidine rings is 1. The lowest BCUT2D eigenvalue weighted by atomic mass is 9.92. The molecule has 2 aromatic rings. The van der Waals surface area contributed by atoms with Gasteiger partial charge in [-0.3, -0.25) is 5.10 Å². The highest BCUT2D eigenvalue weighted by molar-refractivity contribution is 7.89. The van der Waals surface area contributed by atoms with Crippen LogP contribution in [0.15, 0.2) is 35.6 Å². The van der Waals surface area contributed by atoms with Crippen molar-refractivity contribution in [1.82, 2.24) is 19.5 Å². The summed E-state index contributed by atoms with van der Waals surface area (Å²) in [4.78, 5) is 4.43. The number of sulfonamides is 1. The Bertz CT molecular complexity index is 729. The number of pyridine rings is 1. The Morgan fingerprint density at radius 1 is 1.45 bits per heavy atom. The number of H-pyrrole nitrogens is 1. The molecule has 1 atom stereocenters. The molecule has 0 unspecified atom stereocenters. The second-order valence-corrected chi connectivity index (χ2v) is 7.30. The molecule has 1 aliphatic rings. The third-order valence-corrected chi connectivity index (χ3v) is 5.84. The number of rotatable bonds is 4. The molecule has 8 heteroatoms. The molecule has 0 amide bonds. The van der Waals surface area contributed by atoms with Crippen molar-refractivity contribution in [1.29, 1.82) is 0 Å². The maximum absolute atomic E-state index is 12.6. The van der Waals surface area contributed by atoms with Crippen LogP contribution in [0, 0.1) is 0 Å². The first-order valence-electron chi connectivity index (χ1n) is 7.24. The van der Waals surface area contributed by atoms with E-state index in [-0.39, 0.29) is 10.8 Å². The van der Waals surface area contributed by atoms with Crippen LogP contribution in [-0.4, -0.2) is 48.0 Å². The summed E-state index contributed by atoms with van der Waals surface area (Å²) in [6.07, 6.45) is 6.35. The van der Waals surface area contributed by atoms with Gasteiger partial charge in [0.15, 0.2) is 0 Å². The smallest absolute Gasteiger partial charge is 0.246 e. The van der Waals surface area contributed by atoms with Crippen molar-refractivity contribution in [2.75, 3.05) is 25.5 Å². The van der Waals surface area contributed by atoms with E-state index in [0.29, 0.717) is 13.1 Å². The monoisotopic (exact) mass is 321 g/mol. The summed E-state index contributed by atoms with van der Waals surface area (Å²) in [6.45, 7) is 1.04. The van der Waals surface area contributed by atoms with E-state index >= 15 is 0 Å². The predicted molar refractivity (Wildman–Crippen MR) is 83.1 cm³/mol. The number of hydrogen-bond acceptors (Lipinski definition) is 5. The maximum Gasteiger partial charge on any atom is 0.246 e.